The lowest BCUT2D eigenvalue weighted by Gasteiger charge is -2.07. The van der Waals surface area contributed by atoms with Gasteiger partial charge in [0, 0.05) is 23.1 Å². The van der Waals surface area contributed by atoms with Crippen LogP contribution in [-0.2, 0) is 6.42 Å². The van der Waals surface area contributed by atoms with Gasteiger partial charge in [-0.1, -0.05) is 35.5 Å². The lowest BCUT2D eigenvalue weighted by Crippen LogP contribution is -2.07. The van der Waals surface area contributed by atoms with Crippen LogP contribution in [-0.4, -0.2) is 6.26 Å². The molecule has 0 aliphatic heterocycles. The van der Waals surface area contributed by atoms with Crippen molar-refractivity contribution < 1.29 is 9.15 Å². The molecule has 122 valence electrons. The normalized spacial score (nSPS) is 10.6. The minimum absolute atomic E-state index is 0.493. The van der Waals surface area contributed by atoms with Crippen LogP contribution in [0.1, 0.15) is 11.1 Å². The van der Waals surface area contributed by atoms with Gasteiger partial charge in [0.2, 0.25) is 0 Å². The van der Waals surface area contributed by atoms with Crippen LogP contribution in [0, 0.1) is 5.41 Å². The van der Waals surface area contributed by atoms with Gasteiger partial charge in [0.1, 0.15) is 11.5 Å². The molecule has 0 saturated carbocycles. The van der Waals surface area contributed by atoms with E-state index < -0.39 is 0 Å². The van der Waals surface area contributed by atoms with E-state index in [4.69, 9.17) is 26.2 Å². The number of ether oxygens (including phenoxy) is 1. The maximum atomic E-state index is 8.06. The molecule has 1 N–H and O–H groups in total. The Balaban J connectivity index is 1.70. The van der Waals surface area contributed by atoms with Crippen molar-refractivity contribution in [2.75, 3.05) is 6.26 Å². The van der Waals surface area contributed by atoms with Crippen molar-refractivity contribution in [3.63, 3.8) is 0 Å². The number of hydrogen-bond acceptors (Lipinski definition) is 4. The molecule has 0 atom stereocenters. The zero-order valence-electron chi connectivity index (χ0n) is 13.1. The SMILES string of the molecule is CSc1cc(=N)c(Cc2ccc(Oc3ccc(Cl)cc3)cc2)co1. The van der Waals surface area contributed by atoms with Crippen molar-refractivity contribution in [1.29, 1.82) is 5.41 Å². The van der Waals surface area contributed by atoms with E-state index in [-0.39, 0.29) is 0 Å². The number of rotatable bonds is 5. The molecule has 5 heteroatoms. The van der Waals surface area contributed by atoms with Crippen molar-refractivity contribution in [3.8, 4) is 11.5 Å². The monoisotopic (exact) mass is 357 g/mol. The lowest BCUT2D eigenvalue weighted by atomic mass is 10.1. The summed E-state index contributed by atoms with van der Waals surface area (Å²) in [5, 5.41) is 9.98. The molecule has 0 aliphatic rings. The van der Waals surface area contributed by atoms with E-state index in [1.807, 2.05) is 42.7 Å². The third-order valence-corrected chi connectivity index (χ3v) is 4.36. The molecular formula is C19H16ClNO2S. The number of hydrogen-bond donors (Lipinski definition) is 1. The van der Waals surface area contributed by atoms with Crippen LogP contribution in [0.2, 0.25) is 5.02 Å². The van der Waals surface area contributed by atoms with Crippen LogP contribution in [0.25, 0.3) is 0 Å². The second kappa shape index (κ2) is 7.60. The van der Waals surface area contributed by atoms with Crippen LogP contribution in [0.15, 0.2) is 70.4 Å². The third-order valence-electron chi connectivity index (χ3n) is 3.49. The van der Waals surface area contributed by atoms with E-state index in [1.165, 1.54) is 11.8 Å². The highest BCUT2D eigenvalue weighted by Crippen LogP contribution is 2.23. The largest absolute Gasteiger partial charge is 0.458 e. The first kappa shape index (κ1) is 16.7. The van der Waals surface area contributed by atoms with Crippen LogP contribution in [0.4, 0.5) is 0 Å². The standard InChI is InChI=1S/C19H16ClNO2S/c1-24-19-11-18(21)14(12-22-19)10-13-2-6-16(7-3-13)23-17-8-4-15(20)5-9-17/h2-9,11-12,21H,10H2,1H3. The van der Waals surface area contributed by atoms with Crippen molar-refractivity contribution in [3.05, 3.63) is 82.4 Å². The fourth-order valence-corrected chi connectivity index (χ4v) is 2.72. The summed E-state index contributed by atoms with van der Waals surface area (Å²) in [6.45, 7) is 0. The molecule has 3 nitrogen and oxygen atoms in total. The summed E-state index contributed by atoms with van der Waals surface area (Å²) in [5.74, 6) is 1.50. The van der Waals surface area contributed by atoms with E-state index in [9.17, 15) is 0 Å². The minimum atomic E-state index is 0.493. The summed E-state index contributed by atoms with van der Waals surface area (Å²) >= 11 is 7.35. The summed E-state index contributed by atoms with van der Waals surface area (Å²) in [6.07, 6.45) is 4.24. The molecule has 0 unspecified atom stereocenters. The van der Waals surface area contributed by atoms with Crippen molar-refractivity contribution in [2.24, 2.45) is 0 Å². The van der Waals surface area contributed by atoms with Crippen LogP contribution in [0.5, 0.6) is 11.5 Å². The molecule has 24 heavy (non-hydrogen) atoms. The van der Waals surface area contributed by atoms with Gasteiger partial charge < -0.3 is 14.6 Å². The first-order chi connectivity index (χ1) is 11.6. The maximum Gasteiger partial charge on any atom is 0.161 e. The Labute approximate surface area is 149 Å². The molecule has 0 radical (unpaired) electrons. The summed E-state index contributed by atoms with van der Waals surface area (Å²) < 4.78 is 11.3. The topological polar surface area (TPSA) is 46.2 Å². The Hall–Kier alpha value is -2.17. The van der Waals surface area contributed by atoms with E-state index in [1.54, 1.807) is 24.5 Å². The molecule has 0 bridgehead atoms. The van der Waals surface area contributed by atoms with Gasteiger partial charge in [0.05, 0.1) is 11.6 Å². The second-order valence-electron chi connectivity index (χ2n) is 5.22. The van der Waals surface area contributed by atoms with Crippen LogP contribution in [0.3, 0.4) is 0 Å². The van der Waals surface area contributed by atoms with Gasteiger partial charge in [0.25, 0.3) is 0 Å². The molecule has 0 amide bonds. The Morgan fingerprint density at radius 3 is 2.25 bits per heavy atom. The fraction of sp³-hybridized carbons (Fsp3) is 0.105. The molecule has 1 heterocycles. The van der Waals surface area contributed by atoms with Crippen molar-refractivity contribution >= 4 is 23.4 Å². The average Bonchev–Trinajstić information content (AvgIpc) is 2.60. The van der Waals surface area contributed by atoms with E-state index in [0.29, 0.717) is 16.8 Å². The Bertz CT molecular complexity index is 873. The molecular weight excluding hydrogens is 342 g/mol. The first-order valence-corrected chi connectivity index (χ1v) is 8.97. The van der Waals surface area contributed by atoms with Crippen LogP contribution < -0.4 is 10.1 Å². The predicted molar refractivity (Wildman–Crippen MR) is 97.1 cm³/mol. The minimum Gasteiger partial charge on any atom is -0.458 e. The van der Waals surface area contributed by atoms with Gasteiger partial charge in [-0.2, -0.15) is 0 Å². The predicted octanol–water partition coefficient (Wildman–Crippen LogP) is 5.52. The Morgan fingerprint density at radius 2 is 1.67 bits per heavy atom. The Morgan fingerprint density at radius 1 is 1.04 bits per heavy atom. The van der Waals surface area contributed by atoms with Crippen molar-refractivity contribution in [2.45, 2.75) is 11.5 Å². The zero-order chi connectivity index (χ0) is 16.9. The highest BCUT2D eigenvalue weighted by molar-refractivity contribution is 7.98. The molecule has 0 spiro atoms. The fourth-order valence-electron chi connectivity index (χ4n) is 2.22. The van der Waals surface area contributed by atoms with E-state index >= 15 is 0 Å². The van der Waals surface area contributed by atoms with Gasteiger partial charge in [-0.05, 0) is 48.2 Å². The summed E-state index contributed by atoms with van der Waals surface area (Å²) in [5.41, 5.74) is 1.96. The van der Waals surface area contributed by atoms with Gasteiger partial charge in [-0.25, -0.2) is 0 Å². The molecule has 0 fully saturated rings. The van der Waals surface area contributed by atoms with Gasteiger partial charge >= 0.3 is 0 Å². The highest BCUT2D eigenvalue weighted by Gasteiger charge is 2.03. The smallest absolute Gasteiger partial charge is 0.161 e. The lowest BCUT2D eigenvalue weighted by molar-refractivity contribution is 0.447. The molecule has 0 saturated heterocycles. The number of halogens is 1. The number of benzene rings is 2. The highest BCUT2D eigenvalue weighted by atomic mass is 35.5. The molecule has 1 aromatic heterocycles. The summed E-state index contributed by atoms with van der Waals surface area (Å²) in [4.78, 5) is 0. The van der Waals surface area contributed by atoms with Gasteiger partial charge in [0.15, 0.2) is 5.09 Å². The van der Waals surface area contributed by atoms with E-state index in [0.717, 1.165) is 27.7 Å². The third kappa shape index (κ3) is 4.22. The van der Waals surface area contributed by atoms with Gasteiger partial charge in [-0.3, -0.25) is 0 Å². The molecule has 0 aliphatic carbocycles. The quantitative estimate of drug-likeness (QED) is 0.612. The maximum absolute atomic E-state index is 8.06. The Kier molecular flexibility index (Phi) is 5.28. The van der Waals surface area contributed by atoms with Crippen molar-refractivity contribution in [1.82, 2.24) is 0 Å². The van der Waals surface area contributed by atoms with E-state index in [2.05, 4.69) is 0 Å². The molecule has 3 rings (SSSR count). The number of nitrogens with one attached hydrogen (secondary N) is 1. The molecule has 2 aromatic carbocycles. The molecule has 3 aromatic rings. The number of thioether (sulfide) groups is 1. The second-order valence-corrected chi connectivity index (χ2v) is 6.47. The first-order valence-electron chi connectivity index (χ1n) is 7.37. The van der Waals surface area contributed by atoms with Crippen LogP contribution >= 0.6 is 23.4 Å². The summed E-state index contributed by atoms with van der Waals surface area (Å²) in [6, 6.07) is 16.8. The summed E-state index contributed by atoms with van der Waals surface area (Å²) in [7, 11) is 0. The zero-order valence-corrected chi connectivity index (χ0v) is 14.7. The average molecular weight is 358 g/mol. The van der Waals surface area contributed by atoms with Gasteiger partial charge in [-0.15, -0.1) is 0 Å².